The van der Waals surface area contributed by atoms with Crippen LogP contribution in [0.3, 0.4) is 0 Å². The molecule has 0 spiro atoms. The fraction of sp³-hybridized carbons (Fsp3) is 0.280. The van der Waals surface area contributed by atoms with Crippen molar-refractivity contribution < 1.29 is 19.2 Å². The number of likely N-dealkylation sites (N-methyl/N-ethyl adjacent to an activating group) is 1. The number of nitrogens with zero attached hydrogens (tertiary/aromatic N) is 6. The molecular formula is C25H23N7O4. The Balaban J connectivity index is 1.25. The van der Waals surface area contributed by atoms with E-state index >= 15 is 0 Å². The van der Waals surface area contributed by atoms with E-state index in [0.717, 1.165) is 12.0 Å². The van der Waals surface area contributed by atoms with Crippen molar-refractivity contribution >= 4 is 11.9 Å². The van der Waals surface area contributed by atoms with E-state index in [-0.39, 0.29) is 18.2 Å². The van der Waals surface area contributed by atoms with Crippen LogP contribution in [-0.2, 0) is 10.4 Å². The molecule has 6 heterocycles. The Kier molecular flexibility index (Phi) is 5.33. The van der Waals surface area contributed by atoms with E-state index in [2.05, 4.69) is 30.4 Å². The van der Waals surface area contributed by atoms with Gasteiger partial charge < -0.3 is 24.6 Å². The lowest BCUT2D eigenvalue weighted by Crippen LogP contribution is -2.35. The van der Waals surface area contributed by atoms with Gasteiger partial charge >= 0.3 is 0 Å². The van der Waals surface area contributed by atoms with Crippen molar-refractivity contribution in [3.8, 4) is 28.7 Å². The lowest BCUT2D eigenvalue weighted by Gasteiger charge is -2.25. The topological polar surface area (TPSA) is 139 Å². The number of hydrogen-bond acceptors (Lipinski definition) is 10. The highest BCUT2D eigenvalue weighted by Crippen LogP contribution is 2.35. The maximum absolute atomic E-state index is 12.4. The van der Waals surface area contributed by atoms with Crippen LogP contribution in [0.15, 0.2) is 59.4 Å². The van der Waals surface area contributed by atoms with Crippen LogP contribution < -0.4 is 10.1 Å². The molecule has 11 heteroatoms. The number of aliphatic hydroxyl groups is 1. The highest BCUT2D eigenvalue weighted by molar-refractivity contribution is 5.87. The Morgan fingerprint density at radius 3 is 2.72 bits per heavy atom. The third-order valence-corrected chi connectivity index (χ3v) is 6.48. The van der Waals surface area contributed by atoms with E-state index < -0.39 is 11.5 Å². The Labute approximate surface area is 206 Å². The SMILES string of the molecule is CN1CC[C@@](O)(c2cc(-c3cccc(-c4ccnc(NC5CCOc6ncccc65)n4)n3)no2)C1=O. The first-order valence-corrected chi connectivity index (χ1v) is 11.6. The van der Waals surface area contributed by atoms with Crippen LogP contribution in [0.4, 0.5) is 5.95 Å². The third-order valence-electron chi connectivity index (χ3n) is 6.48. The molecule has 0 saturated carbocycles. The normalized spacial score (nSPS) is 21.2. The van der Waals surface area contributed by atoms with Gasteiger partial charge in [-0.1, -0.05) is 17.3 Å². The van der Waals surface area contributed by atoms with Gasteiger partial charge in [-0.15, -0.1) is 0 Å². The van der Waals surface area contributed by atoms with Crippen molar-refractivity contribution in [3.63, 3.8) is 0 Å². The van der Waals surface area contributed by atoms with Gasteiger partial charge in [-0.25, -0.2) is 19.9 Å². The van der Waals surface area contributed by atoms with Gasteiger partial charge in [0.2, 0.25) is 17.4 Å². The highest BCUT2D eigenvalue weighted by Gasteiger charge is 2.48. The minimum Gasteiger partial charge on any atom is -0.477 e. The summed E-state index contributed by atoms with van der Waals surface area (Å²) >= 11 is 0. The summed E-state index contributed by atoms with van der Waals surface area (Å²) in [5.41, 5.74) is 1.45. The van der Waals surface area contributed by atoms with Gasteiger partial charge in [-0.05, 0) is 24.3 Å². The first kappa shape index (κ1) is 22.1. The minimum absolute atomic E-state index is 0.0197. The molecular weight excluding hydrogens is 462 g/mol. The molecule has 1 saturated heterocycles. The molecule has 0 aromatic carbocycles. The predicted octanol–water partition coefficient (Wildman–Crippen LogP) is 2.57. The van der Waals surface area contributed by atoms with Gasteiger partial charge in [0.05, 0.1) is 29.7 Å². The molecule has 2 aliphatic rings. The average molecular weight is 486 g/mol. The van der Waals surface area contributed by atoms with Gasteiger partial charge in [-0.3, -0.25) is 4.79 Å². The summed E-state index contributed by atoms with van der Waals surface area (Å²) in [6, 6.07) is 12.6. The highest BCUT2D eigenvalue weighted by atomic mass is 16.5. The van der Waals surface area contributed by atoms with Gasteiger partial charge in [0.25, 0.3) is 5.91 Å². The average Bonchev–Trinajstić information content (AvgIpc) is 3.52. The molecule has 1 amide bonds. The first-order valence-electron chi connectivity index (χ1n) is 11.6. The molecule has 36 heavy (non-hydrogen) atoms. The summed E-state index contributed by atoms with van der Waals surface area (Å²) in [5, 5.41) is 18.3. The van der Waals surface area contributed by atoms with Crippen LogP contribution in [0, 0.1) is 0 Å². The standard InChI is InChI=1S/C25H23N7O4/c1-32-12-9-25(34,23(32)33)21-14-20(31-36-21)18-6-2-5-17(28-18)19-7-11-27-24(30-19)29-16-8-13-35-22-15(16)4-3-10-26-22/h2-7,10-11,14,16,34H,8-9,12-13H2,1H3,(H,27,29,30)/t16?,25-/m1/s1. The van der Waals surface area contributed by atoms with E-state index in [1.165, 1.54) is 4.90 Å². The third kappa shape index (κ3) is 3.83. The number of hydrogen-bond donors (Lipinski definition) is 2. The lowest BCUT2D eigenvalue weighted by atomic mass is 9.98. The van der Waals surface area contributed by atoms with Crippen LogP contribution in [0.2, 0.25) is 0 Å². The summed E-state index contributed by atoms with van der Waals surface area (Å²) in [6.45, 7) is 1.00. The van der Waals surface area contributed by atoms with Crippen molar-refractivity contribution in [1.82, 2.24) is 30.0 Å². The van der Waals surface area contributed by atoms with Crippen molar-refractivity contribution in [2.75, 3.05) is 25.5 Å². The number of likely N-dealkylation sites (tertiary alicyclic amines) is 1. The van der Waals surface area contributed by atoms with Crippen LogP contribution in [0.25, 0.3) is 22.8 Å². The molecule has 4 aromatic heterocycles. The maximum atomic E-state index is 12.4. The zero-order chi connectivity index (χ0) is 24.7. The lowest BCUT2D eigenvalue weighted by molar-refractivity contribution is -0.144. The number of aromatic nitrogens is 5. The number of nitrogens with one attached hydrogen (secondary N) is 1. The maximum Gasteiger partial charge on any atom is 0.262 e. The van der Waals surface area contributed by atoms with Crippen LogP contribution in [0.5, 0.6) is 5.88 Å². The van der Waals surface area contributed by atoms with E-state index in [1.807, 2.05) is 24.3 Å². The van der Waals surface area contributed by atoms with E-state index in [9.17, 15) is 9.90 Å². The molecule has 11 nitrogen and oxygen atoms in total. The van der Waals surface area contributed by atoms with Gasteiger partial charge in [-0.2, -0.15) is 0 Å². The zero-order valence-corrected chi connectivity index (χ0v) is 19.5. The molecule has 2 N–H and O–H groups in total. The summed E-state index contributed by atoms with van der Waals surface area (Å²) in [5.74, 6) is 0.792. The minimum atomic E-state index is -1.71. The molecule has 4 aromatic rings. The number of carbonyl (C=O) groups is 1. The second-order valence-corrected chi connectivity index (χ2v) is 8.82. The van der Waals surface area contributed by atoms with Crippen molar-refractivity contribution in [3.05, 3.63) is 66.2 Å². The summed E-state index contributed by atoms with van der Waals surface area (Å²) in [7, 11) is 1.64. The van der Waals surface area contributed by atoms with Gasteiger partial charge in [0, 0.05) is 50.5 Å². The molecule has 1 unspecified atom stereocenters. The number of anilines is 1. The Morgan fingerprint density at radius 2 is 1.89 bits per heavy atom. The molecule has 0 radical (unpaired) electrons. The van der Waals surface area contributed by atoms with Gasteiger partial charge in [0.1, 0.15) is 5.69 Å². The summed E-state index contributed by atoms with van der Waals surface area (Å²) in [6.07, 6.45) is 4.39. The van der Waals surface area contributed by atoms with Crippen molar-refractivity contribution in [2.45, 2.75) is 24.5 Å². The largest absolute Gasteiger partial charge is 0.477 e. The first-order chi connectivity index (χ1) is 17.5. The molecule has 1 fully saturated rings. The molecule has 2 aliphatic heterocycles. The van der Waals surface area contributed by atoms with Crippen LogP contribution in [0.1, 0.15) is 30.2 Å². The van der Waals surface area contributed by atoms with Crippen molar-refractivity contribution in [2.24, 2.45) is 0 Å². The molecule has 182 valence electrons. The van der Waals surface area contributed by atoms with E-state index in [4.69, 9.17) is 9.26 Å². The number of amides is 1. The second kappa shape index (κ2) is 8.68. The van der Waals surface area contributed by atoms with Crippen LogP contribution >= 0.6 is 0 Å². The Morgan fingerprint density at radius 1 is 1.06 bits per heavy atom. The fourth-order valence-electron chi connectivity index (χ4n) is 4.49. The number of rotatable bonds is 5. The van der Waals surface area contributed by atoms with E-state index in [1.54, 1.807) is 37.6 Å². The van der Waals surface area contributed by atoms with Gasteiger partial charge in [0.15, 0.2) is 5.76 Å². The number of carbonyl (C=O) groups excluding carboxylic acids is 1. The smallest absolute Gasteiger partial charge is 0.262 e. The van der Waals surface area contributed by atoms with Crippen LogP contribution in [-0.4, -0.2) is 61.2 Å². The monoisotopic (exact) mass is 485 g/mol. The number of fused-ring (bicyclic) bond motifs is 1. The Hall–Kier alpha value is -4.38. The van der Waals surface area contributed by atoms with E-state index in [0.29, 0.717) is 47.8 Å². The summed E-state index contributed by atoms with van der Waals surface area (Å²) in [4.78, 5) is 31.9. The Bertz CT molecular complexity index is 1440. The zero-order valence-electron chi connectivity index (χ0n) is 19.5. The number of pyridine rings is 2. The second-order valence-electron chi connectivity index (χ2n) is 8.82. The van der Waals surface area contributed by atoms with Crippen molar-refractivity contribution in [1.29, 1.82) is 0 Å². The number of ether oxygens (including phenoxy) is 1. The quantitative estimate of drug-likeness (QED) is 0.433. The predicted molar refractivity (Wildman–Crippen MR) is 128 cm³/mol. The fourth-order valence-corrected chi connectivity index (χ4v) is 4.49. The molecule has 0 bridgehead atoms. The molecule has 2 atom stereocenters. The molecule has 6 rings (SSSR count). The molecule has 0 aliphatic carbocycles. The summed E-state index contributed by atoms with van der Waals surface area (Å²) < 4.78 is 11.0.